The molecule has 0 radical (unpaired) electrons. The zero-order valence-electron chi connectivity index (χ0n) is 17.2. The fraction of sp³-hybridized carbons (Fsp3) is 0.130. The average Bonchev–Trinajstić information content (AvgIpc) is 3.50. The van der Waals surface area contributed by atoms with Crippen molar-refractivity contribution >= 4 is 17.2 Å². The van der Waals surface area contributed by atoms with E-state index in [0.29, 0.717) is 22.8 Å². The van der Waals surface area contributed by atoms with Crippen molar-refractivity contribution in [1.29, 1.82) is 0 Å². The van der Waals surface area contributed by atoms with Crippen molar-refractivity contribution < 1.29 is 14.3 Å². The quantitative estimate of drug-likeness (QED) is 0.455. The summed E-state index contributed by atoms with van der Waals surface area (Å²) in [4.78, 5) is 44.8. The van der Waals surface area contributed by atoms with Crippen molar-refractivity contribution in [3.8, 4) is 22.1 Å². The first-order valence-electron chi connectivity index (χ1n) is 10.1. The minimum absolute atomic E-state index is 0.0154. The van der Waals surface area contributed by atoms with Crippen molar-refractivity contribution in [2.45, 2.75) is 13.1 Å². The molecule has 0 unspecified atom stereocenters. The van der Waals surface area contributed by atoms with Crippen LogP contribution in [-0.2, 0) is 13.1 Å². The van der Waals surface area contributed by atoms with Crippen LogP contribution >= 0.6 is 11.3 Å². The molecule has 2 aromatic carbocycles. The van der Waals surface area contributed by atoms with Gasteiger partial charge in [0.05, 0.1) is 18.8 Å². The highest BCUT2D eigenvalue weighted by atomic mass is 32.1. The molecule has 5 rings (SSSR count). The summed E-state index contributed by atoms with van der Waals surface area (Å²) in [6.45, 7) is 0.266. The van der Waals surface area contributed by atoms with Gasteiger partial charge in [-0.05, 0) is 17.7 Å². The molecular formula is C23H18N4O5S. The number of H-pyrrole nitrogens is 1. The van der Waals surface area contributed by atoms with Crippen LogP contribution in [0.2, 0.25) is 0 Å². The molecule has 0 saturated heterocycles. The van der Waals surface area contributed by atoms with E-state index in [1.54, 1.807) is 18.2 Å². The molecule has 10 heteroatoms. The highest BCUT2D eigenvalue weighted by Crippen LogP contribution is 2.32. The topological polar surface area (TPSA) is 115 Å². The van der Waals surface area contributed by atoms with E-state index in [-0.39, 0.29) is 25.4 Å². The number of thiazole rings is 1. The maximum atomic E-state index is 12.9. The van der Waals surface area contributed by atoms with Gasteiger partial charge in [0, 0.05) is 17.1 Å². The predicted molar refractivity (Wildman–Crippen MR) is 122 cm³/mol. The molecule has 4 aromatic rings. The Bertz CT molecular complexity index is 1440. The molecule has 3 heterocycles. The fourth-order valence-corrected chi connectivity index (χ4v) is 4.23. The van der Waals surface area contributed by atoms with Gasteiger partial charge >= 0.3 is 5.69 Å². The number of aromatic amines is 1. The Balaban J connectivity index is 1.31. The molecule has 2 aromatic heterocycles. The molecule has 2 N–H and O–H groups in total. The van der Waals surface area contributed by atoms with E-state index in [4.69, 9.17) is 9.47 Å². The monoisotopic (exact) mass is 462 g/mol. The lowest BCUT2D eigenvalue weighted by Crippen LogP contribution is -2.40. The minimum atomic E-state index is -0.683. The fourth-order valence-electron chi connectivity index (χ4n) is 3.41. The molecule has 1 aliphatic heterocycles. The summed E-state index contributed by atoms with van der Waals surface area (Å²) in [7, 11) is 0. The standard InChI is InChI=1S/C23H18N4O5S/c28-20(24-9-16-12-33-21(26-16)15-4-2-1-3-5-15)17-10-25-23(30)27(22(17)29)11-14-6-7-18-19(8-14)32-13-31-18/h1-8,10,12H,9,11,13H2,(H,24,28)(H,25,30). The summed E-state index contributed by atoms with van der Waals surface area (Å²) < 4.78 is 11.6. The minimum Gasteiger partial charge on any atom is -0.454 e. The van der Waals surface area contributed by atoms with E-state index in [1.165, 1.54) is 11.3 Å². The van der Waals surface area contributed by atoms with Crippen molar-refractivity contribution in [1.82, 2.24) is 19.9 Å². The third-order valence-corrected chi connectivity index (χ3v) is 6.03. The highest BCUT2D eigenvalue weighted by Gasteiger charge is 2.17. The van der Waals surface area contributed by atoms with Crippen molar-refractivity contribution in [3.63, 3.8) is 0 Å². The van der Waals surface area contributed by atoms with E-state index in [9.17, 15) is 14.4 Å². The summed E-state index contributed by atoms with van der Waals surface area (Å²) in [6, 6.07) is 14.9. The van der Waals surface area contributed by atoms with Crippen molar-refractivity contribution in [2.24, 2.45) is 0 Å². The molecule has 9 nitrogen and oxygen atoms in total. The first kappa shape index (κ1) is 20.7. The van der Waals surface area contributed by atoms with Crippen LogP contribution in [0.25, 0.3) is 10.6 Å². The van der Waals surface area contributed by atoms with E-state index < -0.39 is 17.2 Å². The summed E-state index contributed by atoms with van der Waals surface area (Å²) in [5, 5.41) is 5.40. The molecule has 0 fully saturated rings. The second-order valence-corrected chi connectivity index (χ2v) is 8.14. The average molecular weight is 462 g/mol. The van der Waals surface area contributed by atoms with E-state index >= 15 is 0 Å². The zero-order valence-corrected chi connectivity index (χ0v) is 18.1. The number of carbonyl (C=O) groups excluding carboxylic acids is 1. The number of nitrogens with one attached hydrogen (secondary N) is 2. The van der Waals surface area contributed by atoms with Crippen LogP contribution in [0.3, 0.4) is 0 Å². The van der Waals surface area contributed by atoms with Gasteiger partial charge < -0.3 is 19.8 Å². The van der Waals surface area contributed by atoms with Crippen LogP contribution in [0.5, 0.6) is 11.5 Å². The van der Waals surface area contributed by atoms with Crippen LogP contribution in [0, 0.1) is 0 Å². The Morgan fingerprint density at radius 1 is 1.12 bits per heavy atom. The van der Waals surface area contributed by atoms with E-state index in [1.807, 2.05) is 35.7 Å². The number of carbonyl (C=O) groups is 1. The normalized spacial score (nSPS) is 12.0. The Kier molecular flexibility index (Phi) is 5.49. The predicted octanol–water partition coefficient (Wildman–Crippen LogP) is 2.37. The van der Waals surface area contributed by atoms with Gasteiger partial charge in [-0.15, -0.1) is 11.3 Å². The van der Waals surface area contributed by atoms with Gasteiger partial charge in [0.15, 0.2) is 11.5 Å². The zero-order chi connectivity index (χ0) is 22.8. The molecule has 1 aliphatic rings. The molecule has 1 amide bonds. The van der Waals surface area contributed by atoms with Crippen LogP contribution in [0.15, 0.2) is 69.7 Å². The Morgan fingerprint density at radius 3 is 2.79 bits per heavy atom. The molecule has 0 saturated carbocycles. The molecule has 33 heavy (non-hydrogen) atoms. The van der Waals surface area contributed by atoms with Crippen LogP contribution in [0.4, 0.5) is 0 Å². The number of hydrogen-bond acceptors (Lipinski definition) is 7. The first-order chi connectivity index (χ1) is 16.1. The number of fused-ring (bicyclic) bond motifs is 1. The summed E-state index contributed by atoms with van der Waals surface area (Å²) >= 11 is 1.47. The van der Waals surface area contributed by atoms with Gasteiger partial charge in [0.25, 0.3) is 11.5 Å². The summed E-state index contributed by atoms with van der Waals surface area (Å²) in [5.74, 6) is 0.555. The van der Waals surface area contributed by atoms with Crippen molar-refractivity contribution in [3.05, 3.63) is 97.8 Å². The summed E-state index contributed by atoms with van der Waals surface area (Å²) in [6.07, 6.45) is 1.13. The van der Waals surface area contributed by atoms with Gasteiger partial charge in [-0.2, -0.15) is 0 Å². The van der Waals surface area contributed by atoms with Gasteiger partial charge in [-0.25, -0.2) is 9.78 Å². The lowest BCUT2D eigenvalue weighted by atomic mass is 10.2. The van der Waals surface area contributed by atoms with E-state index in [2.05, 4.69) is 15.3 Å². The van der Waals surface area contributed by atoms with Crippen LogP contribution in [0.1, 0.15) is 21.6 Å². The Hall–Kier alpha value is -4.18. The number of ether oxygens (including phenoxy) is 2. The number of aromatic nitrogens is 3. The Morgan fingerprint density at radius 2 is 1.94 bits per heavy atom. The highest BCUT2D eigenvalue weighted by molar-refractivity contribution is 7.13. The third kappa shape index (κ3) is 4.28. The second kappa shape index (κ2) is 8.75. The number of benzene rings is 2. The molecule has 0 spiro atoms. The number of amides is 1. The summed E-state index contributed by atoms with van der Waals surface area (Å²) in [5.41, 5.74) is 0.886. The maximum Gasteiger partial charge on any atom is 0.328 e. The maximum absolute atomic E-state index is 12.9. The molecule has 0 atom stereocenters. The molecule has 0 aliphatic carbocycles. The SMILES string of the molecule is O=C(NCc1csc(-c2ccccc2)n1)c1c[nH]c(=O)n(Cc2ccc3c(c2)OCO3)c1=O. The number of rotatable bonds is 6. The number of hydrogen-bond donors (Lipinski definition) is 2. The molecule has 166 valence electrons. The van der Waals surface area contributed by atoms with Gasteiger partial charge in [-0.3, -0.25) is 14.2 Å². The lowest BCUT2D eigenvalue weighted by molar-refractivity contribution is 0.0947. The number of nitrogens with zero attached hydrogens (tertiary/aromatic N) is 2. The Labute approximate surface area is 191 Å². The lowest BCUT2D eigenvalue weighted by Gasteiger charge is -2.08. The second-order valence-electron chi connectivity index (χ2n) is 7.28. The largest absolute Gasteiger partial charge is 0.454 e. The van der Waals surface area contributed by atoms with Crippen LogP contribution < -0.4 is 26.0 Å². The van der Waals surface area contributed by atoms with Gasteiger partial charge in [0.1, 0.15) is 10.6 Å². The van der Waals surface area contributed by atoms with E-state index in [0.717, 1.165) is 21.3 Å². The smallest absolute Gasteiger partial charge is 0.328 e. The van der Waals surface area contributed by atoms with Gasteiger partial charge in [-0.1, -0.05) is 36.4 Å². The van der Waals surface area contributed by atoms with Crippen molar-refractivity contribution in [2.75, 3.05) is 6.79 Å². The third-order valence-electron chi connectivity index (χ3n) is 5.09. The van der Waals surface area contributed by atoms with Crippen LogP contribution in [-0.4, -0.2) is 27.2 Å². The molecular weight excluding hydrogens is 444 g/mol. The van der Waals surface area contributed by atoms with Gasteiger partial charge in [0.2, 0.25) is 6.79 Å². The first-order valence-corrected chi connectivity index (χ1v) is 11.0. The molecule has 0 bridgehead atoms.